The second-order valence-electron chi connectivity index (χ2n) is 7.00. The highest BCUT2D eigenvalue weighted by molar-refractivity contribution is 8.01. The number of carbonyl (C=O) groups is 1. The topological polar surface area (TPSA) is 101 Å². The van der Waals surface area contributed by atoms with Crippen molar-refractivity contribution >= 4 is 44.2 Å². The van der Waals surface area contributed by atoms with Crippen LogP contribution in [0.15, 0.2) is 28.6 Å². The summed E-state index contributed by atoms with van der Waals surface area (Å²) in [4.78, 5) is 12.4. The van der Waals surface area contributed by atoms with Crippen LogP contribution in [0.1, 0.15) is 29.8 Å². The van der Waals surface area contributed by atoms with Crippen LogP contribution in [0.3, 0.4) is 0 Å². The normalized spacial score (nSPS) is 15.6. The standard InChI is InChI=1S/C18H24N4O4S3/c1-13(2)11-27-18-21-20-17(28-18)19-16(23)15-5-3-14(4-6-15)12-29(24,25)22-7-9-26-10-8-22/h3-6,13H,7-12H2,1-2H3,(H,19,20,23). The molecular weight excluding hydrogens is 432 g/mol. The molecule has 29 heavy (non-hydrogen) atoms. The maximum Gasteiger partial charge on any atom is 0.257 e. The van der Waals surface area contributed by atoms with Crippen LogP contribution in [-0.2, 0) is 20.5 Å². The number of hydrogen-bond acceptors (Lipinski definition) is 8. The average Bonchev–Trinajstić information content (AvgIpc) is 3.14. The fourth-order valence-electron chi connectivity index (χ4n) is 2.60. The average molecular weight is 457 g/mol. The molecule has 8 nitrogen and oxygen atoms in total. The number of hydrogen-bond donors (Lipinski definition) is 1. The molecule has 1 N–H and O–H groups in total. The Morgan fingerprint density at radius 1 is 1.24 bits per heavy atom. The van der Waals surface area contributed by atoms with E-state index in [0.29, 0.717) is 48.5 Å². The van der Waals surface area contributed by atoms with Gasteiger partial charge < -0.3 is 4.74 Å². The number of nitrogens with one attached hydrogen (secondary N) is 1. The number of rotatable bonds is 8. The molecule has 1 aliphatic heterocycles. The first-order valence-electron chi connectivity index (χ1n) is 9.25. The van der Waals surface area contributed by atoms with Gasteiger partial charge in [0.1, 0.15) is 0 Å². The van der Waals surface area contributed by atoms with E-state index in [9.17, 15) is 13.2 Å². The minimum Gasteiger partial charge on any atom is -0.379 e. The van der Waals surface area contributed by atoms with E-state index in [0.717, 1.165) is 10.1 Å². The molecule has 11 heteroatoms. The molecule has 3 rings (SSSR count). The van der Waals surface area contributed by atoms with Crippen LogP contribution in [0.4, 0.5) is 5.13 Å². The summed E-state index contributed by atoms with van der Waals surface area (Å²) in [5.74, 6) is 1.09. The first-order chi connectivity index (χ1) is 13.8. The van der Waals surface area contributed by atoms with Gasteiger partial charge >= 0.3 is 0 Å². The van der Waals surface area contributed by atoms with Crippen molar-refractivity contribution in [3.8, 4) is 0 Å². The molecule has 1 fully saturated rings. The predicted octanol–water partition coefficient (Wildman–Crippen LogP) is 2.70. The van der Waals surface area contributed by atoms with Gasteiger partial charge in [-0.3, -0.25) is 10.1 Å². The Morgan fingerprint density at radius 3 is 2.59 bits per heavy atom. The number of benzene rings is 1. The van der Waals surface area contributed by atoms with E-state index in [1.807, 2.05) is 0 Å². The monoisotopic (exact) mass is 456 g/mol. The highest BCUT2D eigenvalue weighted by atomic mass is 32.2. The second kappa shape index (κ2) is 9.98. The zero-order valence-electron chi connectivity index (χ0n) is 16.3. The summed E-state index contributed by atoms with van der Waals surface area (Å²) in [5, 5.41) is 11.3. The van der Waals surface area contributed by atoms with E-state index in [4.69, 9.17) is 4.74 Å². The second-order valence-corrected chi connectivity index (χ2v) is 11.2. The summed E-state index contributed by atoms with van der Waals surface area (Å²) in [6.45, 7) is 5.85. The first-order valence-corrected chi connectivity index (χ1v) is 12.7. The van der Waals surface area contributed by atoms with E-state index < -0.39 is 10.0 Å². The molecule has 0 aliphatic carbocycles. The predicted molar refractivity (Wildman–Crippen MR) is 115 cm³/mol. The van der Waals surface area contributed by atoms with Gasteiger partial charge in [-0.15, -0.1) is 10.2 Å². The van der Waals surface area contributed by atoms with Crippen molar-refractivity contribution in [1.82, 2.24) is 14.5 Å². The van der Waals surface area contributed by atoms with Gasteiger partial charge in [0, 0.05) is 24.4 Å². The Kier molecular flexibility index (Phi) is 7.63. The zero-order chi connectivity index (χ0) is 20.9. The third-order valence-corrected chi connectivity index (χ3v) is 8.34. The molecule has 2 aromatic rings. The molecule has 0 unspecified atom stereocenters. The van der Waals surface area contributed by atoms with Crippen molar-refractivity contribution < 1.29 is 17.9 Å². The van der Waals surface area contributed by atoms with E-state index in [-0.39, 0.29) is 11.7 Å². The van der Waals surface area contributed by atoms with Crippen LogP contribution in [0, 0.1) is 5.92 Å². The highest BCUT2D eigenvalue weighted by Gasteiger charge is 2.24. The van der Waals surface area contributed by atoms with Crippen molar-refractivity contribution in [2.45, 2.75) is 23.9 Å². The summed E-state index contributed by atoms with van der Waals surface area (Å²) >= 11 is 2.95. The fraction of sp³-hybridized carbons (Fsp3) is 0.500. The van der Waals surface area contributed by atoms with Gasteiger partial charge in [-0.2, -0.15) is 4.31 Å². The number of sulfonamides is 1. The van der Waals surface area contributed by atoms with Gasteiger partial charge in [0.15, 0.2) is 4.34 Å². The molecule has 0 spiro atoms. The quantitative estimate of drug-likeness (QED) is 0.481. The Morgan fingerprint density at radius 2 is 1.93 bits per heavy atom. The van der Waals surface area contributed by atoms with Crippen molar-refractivity contribution in [3.63, 3.8) is 0 Å². The minimum absolute atomic E-state index is 0.0955. The summed E-state index contributed by atoms with van der Waals surface area (Å²) in [6.07, 6.45) is 0. The van der Waals surface area contributed by atoms with Gasteiger partial charge in [-0.1, -0.05) is 49.1 Å². The summed E-state index contributed by atoms with van der Waals surface area (Å²) in [5.41, 5.74) is 1.07. The van der Waals surface area contributed by atoms with Crippen LogP contribution in [0.5, 0.6) is 0 Å². The number of carbonyl (C=O) groups excluding carboxylic acids is 1. The van der Waals surface area contributed by atoms with Crippen LogP contribution in [-0.4, -0.2) is 60.9 Å². The van der Waals surface area contributed by atoms with Crippen LogP contribution >= 0.6 is 23.1 Å². The van der Waals surface area contributed by atoms with Gasteiger partial charge in [0.05, 0.1) is 19.0 Å². The number of anilines is 1. The van der Waals surface area contributed by atoms with Crippen LogP contribution < -0.4 is 5.32 Å². The number of nitrogens with zero attached hydrogens (tertiary/aromatic N) is 3. The molecule has 1 aliphatic rings. The molecule has 1 aromatic heterocycles. The molecule has 1 aromatic carbocycles. The minimum atomic E-state index is -3.39. The smallest absolute Gasteiger partial charge is 0.257 e. The Bertz CT molecular complexity index is 923. The molecule has 158 valence electrons. The molecule has 1 saturated heterocycles. The Hall–Kier alpha value is -1.53. The van der Waals surface area contributed by atoms with E-state index in [1.54, 1.807) is 36.0 Å². The molecule has 0 bridgehead atoms. The number of ether oxygens (including phenoxy) is 1. The molecule has 1 amide bonds. The number of thioether (sulfide) groups is 1. The van der Waals surface area contributed by atoms with Crippen molar-refractivity contribution in [2.75, 3.05) is 37.4 Å². The first kappa shape index (κ1) is 22.2. The lowest BCUT2D eigenvalue weighted by Crippen LogP contribution is -2.41. The number of amides is 1. The lowest BCUT2D eigenvalue weighted by atomic mass is 10.1. The maximum absolute atomic E-state index is 12.5. The van der Waals surface area contributed by atoms with E-state index in [1.165, 1.54) is 15.6 Å². The molecular formula is C18H24N4O4S3. The lowest BCUT2D eigenvalue weighted by molar-refractivity contribution is 0.0729. The third kappa shape index (κ3) is 6.48. The fourth-order valence-corrected chi connectivity index (χ4v) is 5.83. The maximum atomic E-state index is 12.5. The Labute approximate surface area is 179 Å². The Balaban J connectivity index is 1.57. The number of aromatic nitrogens is 2. The van der Waals surface area contributed by atoms with Gasteiger partial charge in [0.25, 0.3) is 5.91 Å². The molecule has 0 radical (unpaired) electrons. The largest absolute Gasteiger partial charge is 0.379 e. The third-order valence-electron chi connectivity index (χ3n) is 4.10. The molecule has 2 heterocycles. The van der Waals surface area contributed by atoms with E-state index in [2.05, 4.69) is 29.4 Å². The van der Waals surface area contributed by atoms with Crippen LogP contribution in [0.25, 0.3) is 0 Å². The molecule has 0 atom stereocenters. The van der Waals surface area contributed by atoms with Crippen molar-refractivity contribution in [2.24, 2.45) is 5.92 Å². The highest BCUT2D eigenvalue weighted by Crippen LogP contribution is 2.27. The van der Waals surface area contributed by atoms with Gasteiger partial charge in [-0.05, 0) is 23.6 Å². The number of morpholine rings is 1. The SMILES string of the molecule is CC(C)CSc1nnc(NC(=O)c2ccc(CS(=O)(=O)N3CCOCC3)cc2)s1. The van der Waals surface area contributed by atoms with E-state index >= 15 is 0 Å². The lowest BCUT2D eigenvalue weighted by Gasteiger charge is -2.26. The summed E-state index contributed by atoms with van der Waals surface area (Å²) in [7, 11) is -3.39. The van der Waals surface area contributed by atoms with Crippen LogP contribution in [0.2, 0.25) is 0 Å². The van der Waals surface area contributed by atoms with Crippen molar-refractivity contribution in [1.29, 1.82) is 0 Å². The van der Waals surface area contributed by atoms with Gasteiger partial charge in [-0.25, -0.2) is 8.42 Å². The molecule has 0 saturated carbocycles. The summed E-state index contributed by atoms with van der Waals surface area (Å²) in [6, 6.07) is 6.57. The van der Waals surface area contributed by atoms with Gasteiger partial charge in [0.2, 0.25) is 15.2 Å². The zero-order valence-corrected chi connectivity index (χ0v) is 18.8. The summed E-state index contributed by atoms with van der Waals surface area (Å²) < 4.78 is 32.4. The van der Waals surface area contributed by atoms with Crippen molar-refractivity contribution in [3.05, 3.63) is 35.4 Å².